The molecule has 5 heteroatoms. The average molecular weight is 307 g/mol. The molecule has 0 spiro atoms. The van der Waals surface area contributed by atoms with E-state index in [1.807, 2.05) is 18.4 Å². The van der Waals surface area contributed by atoms with Crippen molar-refractivity contribution in [3.8, 4) is 0 Å². The largest absolute Gasteiger partial charge is 0.395 e. The van der Waals surface area contributed by atoms with Gasteiger partial charge in [-0.25, -0.2) is 0 Å². The maximum Gasteiger partial charge on any atom is 0.122 e. The summed E-state index contributed by atoms with van der Waals surface area (Å²) in [7, 11) is 0. The van der Waals surface area contributed by atoms with E-state index >= 15 is 0 Å². The topological polar surface area (TPSA) is 21.6 Å². The number of hydrogen-bond acceptors (Lipinski definition) is 3. The molecule has 0 saturated heterocycles. The van der Waals surface area contributed by atoms with E-state index in [1.165, 1.54) is 0 Å². The Morgan fingerprint density at radius 2 is 2.33 bits per heavy atom. The van der Waals surface area contributed by atoms with Crippen LogP contribution >= 0.6 is 39.3 Å². The highest BCUT2D eigenvalue weighted by Crippen LogP contribution is 2.35. The van der Waals surface area contributed by atoms with Gasteiger partial charge in [0.2, 0.25) is 0 Å². The van der Waals surface area contributed by atoms with Gasteiger partial charge in [-0.1, -0.05) is 16.8 Å². The molecule has 80 valence electrons. The lowest BCUT2D eigenvalue weighted by Gasteiger charge is -2.09. The Balaban J connectivity index is 2.55. The van der Waals surface area contributed by atoms with Crippen molar-refractivity contribution in [3.05, 3.63) is 27.2 Å². The molecule has 1 aliphatic rings. The van der Waals surface area contributed by atoms with Crippen LogP contribution in [0.5, 0.6) is 0 Å². The SMILES string of the molecule is CSc1ccc(Br)c(Cl)c1C1=NOCC1. The summed E-state index contributed by atoms with van der Waals surface area (Å²) in [4.78, 5) is 6.14. The van der Waals surface area contributed by atoms with E-state index in [2.05, 4.69) is 21.1 Å². The van der Waals surface area contributed by atoms with E-state index in [0.29, 0.717) is 11.6 Å². The fourth-order valence-corrected chi connectivity index (χ4v) is 2.74. The Hall–Kier alpha value is -0.190. The molecule has 2 rings (SSSR count). The minimum atomic E-state index is 0.645. The third-order valence-electron chi connectivity index (χ3n) is 2.17. The van der Waals surface area contributed by atoms with Gasteiger partial charge in [0, 0.05) is 21.4 Å². The van der Waals surface area contributed by atoms with Gasteiger partial charge in [0.1, 0.15) is 6.61 Å². The van der Waals surface area contributed by atoms with Crippen LogP contribution in [0, 0.1) is 0 Å². The second-order valence-corrected chi connectivity index (χ2v) is 5.14. The Morgan fingerprint density at radius 3 is 2.93 bits per heavy atom. The summed E-state index contributed by atoms with van der Waals surface area (Å²) in [5.41, 5.74) is 1.93. The van der Waals surface area contributed by atoms with Gasteiger partial charge in [-0.2, -0.15) is 0 Å². The molecule has 0 saturated carbocycles. The molecular formula is C10H9BrClNOS. The second kappa shape index (κ2) is 4.76. The Labute approximate surface area is 106 Å². The van der Waals surface area contributed by atoms with Gasteiger partial charge in [-0.3, -0.25) is 0 Å². The normalized spacial score (nSPS) is 15.0. The predicted molar refractivity (Wildman–Crippen MR) is 68.0 cm³/mol. The van der Waals surface area contributed by atoms with Crippen molar-refractivity contribution in [1.82, 2.24) is 0 Å². The van der Waals surface area contributed by atoms with Crippen LogP contribution in [0.15, 0.2) is 26.7 Å². The molecule has 0 atom stereocenters. The van der Waals surface area contributed by atoms with Crippen LogP contribution in [0.4, 0.5) is 0 Å². The number of rotatable bonds is 2. The van der Waals surface area contributed by atoms with Crippen LogP contribution < -0.4 is 0 Å². The van der Waals surface area contributed by atoms with Crippen LogP contribution in [0.2, 0.25) is 5.02 Å². The molecular weight excluding hydrogens is 298 g/mol. The molecule has 0 amide bonds. The second-order valence-electron chi connectivity index (χ2n) is 3.06. The van der Waals surface area contributed by atoms with Crippen molar-refractivity contribution in [2.45, 2.75) is 11.3 Å². The Kier molecular flexibility index (Phi) is 3.59. The molecule has 0 radical (unpaired) electrons. The number of nitrogens with zero attached hydrogens (tertiary/aromatic N) is 1. The first-order valence-corrected chi connectivity index (χ1v) is 6.85. The highest BCUT2D eigenvalue weighted by atomic mass is 79.9. The van der Waals surface area contributed by atoms with Crippen molar-refractivity contribution in [3.63, 3.8) is 0 Å². The molecule has 0 aromatic heterocycles. The summed E-state index contributed by atoms with van der Waals surface area (Å²) in [6.07, 6.45) is 2.85. The number of hydrogen-bond donors (Lipinski definition) is 0. The van der Waals surface area contributed by atoms with Crippen LogP contribution in [0.25, 0.3) is 0 Å². The van der Waals surface area contributed by atoms with Crippen molar-refractivity contribution in [1.29, 1.82) is 0 Å². The molecule has 2 nitrogen and oxygen atoms in total. The zero-order valence-electron chi connectivity index (χ0n) is 8.09. The Bertz CT molecular complexity index is 422. The first kappa shape index (κ1) is 11.3. The molecule has 0 aliphatic carbocycles. The molecule has 1 aromatic carbocycles. The van der Waals surface area contributed by atoms with Crippen LogP contribution in [-0.4, -0.2) is 18.6 Å². The van der Waals surface area contributed by atoms with Gasteiger partial charge in [0.25, 0.3) is 0 Å². The standard InChI is InChI=1S/C10H9BrClNOS/c1-15-8-3-2-6(11)10(12)9(8)7-4-5-14-13-7/h2-3H,4-5H2,1H3. The van der Waals surface area contributed by atoms with Crippen molar-refractivity contribution in [2.24, 2.45) is 5.16 Å². The maximum atomic E-state index is 6.26. The highest BCUT2D eigenvalue weighted by molar-refractivity contribution is 9.10. The molecule has 1 aliphatic heterocycles. The summed E-state index contributed by atoms with van der Waals surface area (Å²) in [6.45, 7) is 0.645. The van der Waals surface area contributed by atoms with Gasteiger partial charge < -0.3 is 4.84 Å². The van der Waals surface area contributed by atoms with Gasteiger partial charge in [0.15, 0.2) is 0 Å². The summed E-state index contributed by atoms with van der Waals surface area (Å²) in [6, 6.07) is 3.99. The fraction of sp³-hybridized carbons (Fsp3) is 0.300. The number of oxime groups is 1. The van der Waals surface area contributed by atoms with E-state index in [4.69, 9.17) is 16.4 Å². The van der Waals surface area contributed by atoms with Gasteiger partial charge in [-0.05, 0) is 34.3 Å². The molecule has 1 aromatic rings. The van der Waals surface area contributed by atoms with E-state index in [0.717, 1.165) is 27.1 Å². The molecule has 1 heterocycles. The number of thioether (sulfide) groups is 1. The first-order valence-electron chi connectivity index (χ1n) is 4.45. The summed E-state index contributed by atoms with van der Waals surface area (Å²) in [5, 5.41) is 4.73. The van der Waals surface area contributed by atoms with Crippen molar-refractivity contribution >= 4 is 45.0 Å². The van der Waals surface area contributed by atoms with Gasteiger partial charge in [-0.15, -0.1) is 11.8 Å². The molecule has 0 unspecified atom stereocenters. The quantitative estimate of drug-likeness (QED) is 0.772. The summed E-state index contributed by atoms with van der Waals surface area (Å²) < 4.78 is 0.895. The number of halogens is 2. The smallest absolute Gasteiger partial charge is 0.122 e. The van der Waals surface area contributed by atoms with Crippen molar-refractivity contribution in [2.75, 3.05) is 12.9 Å². The van der Waals surface area contributed by atoms with Gasteiger partial charge >= 0.3 is 0 Å². The van der Waals surface area contributed by atoms with Gasteiger partial charge in [0.05, 0.1) is 10.7 Å². The third kappa shape index (κ3) is 2.17. The maximum absolute atomic E-state index is 6.26. The summed E-state index contributed by atoms with van der Waals surface area (Å²) >= 11 is 11.3. The minimum Gasteiger partial charge on any atom is -0.395 e. The highest BCUT2D eigenvalue weighted by Gasteiger charge is 2.19. The lowest BCUT2D eigenvalue weighted by molar-refractivity contribution is 0.174. The molecule has 0 N–H and O–H groups in total. The van der Waals surface area contributed by atoms with Crippen molar-refractivity contribution < 1.29 is 4.84 Å². The van der Waals surface area contributed by atoms with E-state index in [9.17, 15) is 0 Å². The molecule has 15 heavy (non-hydrogen) atoms. The predicted octanol–water partition coefficient (Wildman–Crippen LogP) is 3.95. The van der Waals surface area contributed by atoms with Crippen LogP contribution in [0.1, 0.15) is 12.0 Å². The first-order chi connectivity index (χ1) is 7.24. The monoisotopic (exact) mass is 305 g/mol. The Morgan fingerprint density at radius 1 is 1.53 bits per heavy atom. The lowest BCUT2D eigenvalue weighted by Crippen LogP contribution is -2.01. The van der Waals surface area contributed by atoms with E-state index in [1.54, 1.807) is 11.8 Å². The minimum absolute atomic E-state index is 0.645. The third-order valence-corrected chi connectivity index (χ3v) is 4.23. The van der Waals surface area contributed by atoms with E-state index in [-0.39, 0.29) is 0 Å². The average Bonchev–Trinajstić information content (AvgIpc) is 2.75. The van der Waals surface area contributed by atoms with Crippen LogP contribution in [-0.2, 0) is 4.84 Å². The molecule has 0 bridgehead atoms. The lowest BCUT2D eigenvalue weighted by atomic mass is 10.1. The zero-order chi connectivity index (χ0) is 10.8. The zero-order valence-corrected chi connectivity index (χ0v) is 11.2. The van der Waals surface area contributed by atoms with E-state index < -0.39 is 0 Å². The van der Waals surface area contributed by atoms with Crippen LogP contribution in [0.3, 0.4) is 0 Å². The summed E-state index contributed by atoms with van der Waals surface area (Å²) in [5.74, 6) is 0. The molecule has 0 fully saturated rings. The fourth-order valence-electron chi connectivity index (χ4n) is 1.45. The number of benzene rings is 1.